The first kappa shape index (κ1) is 14.0. The van der Waals surface area contributed by atoms with Gasteiger partial charge in [-0.2, -0.15) is 4.37 Å². The Bertz CT molecular complexity index is 655. The van der Waals surface area contributed by atoms with Crippen LogP contribution < -0.4 is 4.90 Å². The van der Waals surface area contributed by atoms with Gasteiger partial charge < -0.3 is 9.80 Å². The number of carbonyl (C=O) groups excluding carboxylic acids is 1. The molecule has 0 aliphatic carbocycles. The topological polar surface area (TPSA) is 49.3 Å². The lowest BCUT2D eigenvalue weighted by molar-refractivity contribution is -0.131. The van der Waals surface area contributed by atoms with Gasteiger partial charge in [-0.3, -0.25) is 4.79 Å². The molecular weight excluding hydrogens is 284 g/mol. The maximum atomic E-state index is 12.3. The lowest BCUT2D eigenvalue weighted by Crippen LogP contribution is -2.50. The molecule has 0 unspecified atom stereocenters. The largest absolute Gasteiger partial charge is 0.336 e. The molecule has 1 aromatic heterocycles. The van der Waals surface area contributed by atoms with Gasteiger partial charge in [-0.25, -0.2) is 4.98 Å². The fourth-order valence-corrected chi connectivity index (χ4v) is 3.18. The number of anilines is 1. The molecular formula is C15H18N4OS. The van der Waals surface area contributed by atoms with Crippen molar-refractivity contribution in [3.05, 3.63) is 41.2 Å². The molecule has 2 heterocycles. The van der Waals surface area contributed by atoms with E-state index in [9.17, 15) is 4.79 Å². The highest BCUT2D eigenvalue weighted by Gasteiger charge is 2.25. The SMILES string of the molecule is Cc1cccc(CN2CCN(c3nc(C)ns3)CC2=O)c1. The van der Waals surface area contributed by atoms with Gasteiger partial charge in [0, 0.05) is 31.2 Å². The number of benzene rings is 1. The average molecular weight is 302 g/mol. The molecule has 0 spiro atoms. The van der Waals surface area contributed by atoms with E-state index in [1.165, 1.54) is 22.7 Å². The van der Waals surface area contributed by atoms with Crippen LogP contribution >= 0.6 is 11.5 Å². The molecule has 3 rings (SSSR count). The second-order valence-electron chi connectivity index (χ2n) is 5.35. The molecule has 0 N–H and O–H groups in total. The van der Waals surface area contributed by atoms with Crippen LogP contribution in [0.5, 0.6) is 0 Å². The van der Waals surface area contributed by atoms with Crippen molar-refractivity contribution in [2.24, 2.45) is 0 Å². The van der Waals surface area contributed by atoms with E-state index in [1.54, 1.807) is 0 Å². The molecule has 1 aliphatic heterocycles. The number of carbonyl (C=O) groups is 1. The zero-order valence-corrected chi connectivity index (χ0v) is 13.1. The highest BCUT2D eigenvalue weighted by atomic mass is 32.1. The van der Waals surface area contributed by atoms with Gasteiger partial charge in [0.25, 0.3) is 0 Å². The lowest BCUT2D eigenvalue weighted by atomic mass is 10.1. The number of aromatic nitrogens is 2. The number of nitrogens with zero attached hydrogens (tertiary/aromatic N) is 4. The molecule has 21 heavy (non-hydrogen) atoms. The van der Waals surface area contributed by atoms with E-state index in [0.717, 1.165) is 24.0 Å². The van der Waals surface area contributed by atoms with Crippen molar-refractivity contribution in [3.63, 3.8) is 0 Å². The van der Waals surface area contributed by atoms with Crippen molar-refractivity contribution in [1.82, 2.24) is 14.3 Å². The minimum Gasteiger partial charge on any atom is -0.336 e. The summed E-state index contributed by atoms with van der Waals surface area (Å²) in [5.41, 5.74) is 2.41. The van der Waals surface area contributed by atoms with Crippen molar-refractivity contribution in [2.75, 3.05) is 24.5 Å². The molecule has 1 fully saturated rings. The Morgan fingerprint density at radius 3 is 2.81 bits per heavy atom. The summed E-state index contributed by atoms with van der Waals surface area (Å²) in [5, 5.41) is 0.844. The summed E-state index contributed by atoms with van der Waals surface area (Å²) in [6.07, 6.45) is 0. The molecule has 2 aromatic rings. The number of rotatable bonds is 3. The van der Waals surface area contributed by atoms with Crippen molar-refractivity contribution < 1.29 is 4.79 Å². The predicted molar refractivity (Wildman–Crippen MR) is 83.5 cm³/mol. The Balaban J connectivity index is 1.65. The molecule has 110 valence electrons. The second kappa shape index (κ2) is 5.81. The van der Waals surface area contributed by atoms with Crippen LogP contribution in [-0.4, -0.2) is 39.8 Å². The summed E-state index contributed by atoms with van der Waals surface area (Å²) in [6.45, 7) is 6.55. The summed E-state index contributed by atoms with van der Waals surface area (Å²) in [4.78, 5) is 20.6. The van der Waals surface area contributed by atoms with Gasteiger partial charge in [-0.15, -0.1) is 0 Å². The van der Waals surface area contributed by atoms with Gasteiger partial charge in [0.15, 0.2) is 0 Å². The smallest absolute Gasteiger partial charge is 0.242 e. The summed E-state index contributed by atoms with van der Waals surface area (Å²) in [6, 6.07) is 8.31. The van der Waals surface area contributed by atoms with Gasteiger partial charge in [0.2, 0.25) is 11.0 Å². The molecule has 1 amide bonds. The summed E-state index contributed by atoms with van der Waals surface area (Å²) in [5.74, 6) is 0.917. The predicted octanol–water partition coefficient (Wildman–Crippen LogP) is 2.00. The first-order valence-electron chi connectivity index (χ1n) is 7.00. The molecule has 1 aliphatic rings. The highest BCUT2D eigenvalue weighted by Crippen LogP contribution is 2.20. The Hall–Kier alpha value is -1.95. The molecule has 0 atom stereocenters. The summed E-state index contributed by atoms with van der Waals surface area (Å²) >= 11 is 1.36. The third-order valence-electron chi connectivity index (χ3n) is 3.56. The van der Waals surface area contributed by atoms with E-state index < -0.39 is 0 Å². The van der Waals surface area contributed by atoms with Crippen molar-refractivity contribution in [3.8, 4) is 0 Å². The van der Waals surface area contributed by atoms with Crippen LogP contribution in [-0.2, 0) is 11.3 Å². The Labute approximate surface area is 128 Å². The van der Waals surface area contributed by atoms with E-state index >= 15 is 0 Å². The summed E-state index contributed by atoms with van der Waals surface area (Å²) in [7, 11) is 0. The second-order valence-corrected chi connectivity index (χ2v) is 6.08. The first-order valence-corrected chi connectivity index (χ1v) is 7.78. The maximum absolute atomic E-state index is 12.3. The van der Waals surface area contributed by atoms with Crippen LogP contribution in [0.15, 0.2) is 24.3 Å². The zero-order valence-electron chi connectivity index (χ0n) is 12.2. The highest BCUT2D eigenvalue weighted by molar-refractivity contribution is 7.09. The van der Waals surface area contributed by atoms with Crippen LogP contribution in [0.4, 0.5) is 5.13 Å². The van der Waals surface area contributed by atoms with E-state index in [0.29, 0.717) is 13.1 Å². The monoisotopic (exact) mass is 302 g/mol. The molecule has 6 heteroatoms. The average Bonchev–Trinajstić information content (AvgIpc) is 2.88. The van der Waals surface area contributed by atoms with Crippen LogP contribution in [0.2, 0.25) is 0 Å². The van der Waals surface area contributed by atoms with Gasteiger partial charge in [0.05, 0.1) is 6.54 Å². The standard InChI is InChI=1S/C15H18N4OS/c1-11-4-3-5-13(8-11)9-18-6-7-19(10-14(18)20)15-16-12(2)17-21-15/h3-5,8H,6-7,9-10H2,1-2H3. The molecule has 1 aromatic carbocycles. The molecule has 1 saturated heterocycles. The zero-order chi connectivity index (χ0) is 14.8. The van der Waals surface area contributed by atoms with Crippen molar-refractivity contribution >= 4 is 22.6 Å². The molecule has 0 saturated carbocycles. The lowest BCUT2D eigenvalue weighted by Gasteiger charge is -2.34. The normalized spacial score (nSPS) is 15.6. The molecule has 5 nitrogen and oxygen atoms in total. The van der Waals surface area contributed by atoms with Crippen molar-refractivity contribution in [1.29, 1.82) is 0 Å². The maximum Gasteiger partial charge on any atom is 0.242 e. The number of amides is 1. The van der Waals surface area contributed by atoms with Gasteiger partial charge in [-0.05, 0) is 19.4 Å². The Morgan fingerprint density at radius 2 is 2.14 bits per heavy atom. The third-order valence-corrected chi connectivity index (χ3v) is 4.43. The minimum atomic E-state index is 0.149. The minimum absolute atomic E-state index is 0.149. The number of piperazine rings is 1. The fourth-order valence-electron chi connectivity index (χ4n) is 2.48. The van der Waals surface area contributed by atoms with E-state index in [4.69, 9.17) is 0 Å². The third kappa shape index (κ3) is 3.21. The van der Waals surface area contributed by atoms with Gasteiger partial charge in [-0.1, -0.05) is 29.8 Å². The number of aryl methyl sites for hydroxylation is 2. The summed E-state index contributed by atoms with van der Waals surface area (Å²) < 4.78 is 4.18. The van der Waals surface area contributed by atoms with E-state index in [-0.39, 0.29) is 5.91 Å². The Morgan fingerprint density at radius 1 is 1.29 bits per heavy atom. The van der Waals surface area contributed by atoms with Crippen LogP contribution in [0.25, 0.3) is 0 Å². The van der Waals surface area contributed by atoms with Crippen LogP contribution in [0.3, 0.4) is 0 Å². The Kier molecular flexibility index (Phi) is 3.88. The van der Waals surface area contributed by atoms with E-state index in [2.05, 4.69) is 34.5 Å². The van der Waals surface area contributed by atoms with Gasteiger partial charge >= 0.3 is 0 Å². The van der Waals surface area contributed by atoms with E-state index in [1.807, 2.05) is 22.8 Å². The fraction of sp³-hybridized carbons (Fsp3) is 0.400. The van der Waals surface area contributed by atoms with Crippen molar-refractivity contribution in [2.45, 2.75) is 20.4 Å². The first-order chi connectivity index (χ1) is 10.1. The molecule has 0 bridgehead atoms. The number of hydrogen-bond donors (Lipinski definition) is 0. The van der Waals surface area contributed by atoms with Crippen LogP contribution in [0.1, 0.15) is 17.0 Å². The number of hydrogen-bond acceptors (Lipinski definition) is 5. The molecule has 0 radical (unpaired) electrons. The van der Waals surface area contributed by atoms with Crippen LogP contribution in [0, 0.1) is 13.8 Å². The quantitative estimate of drug-likeness (QED) is 0.870. The van der Waals surface area contributed by atoms with Gasteiger partial charge in [0.1, 0.15) is 5.82 Å².